The van der Waals surface area contributed by atoms with Crippen molar-refractivity contribution in [1.82, 2.24) is 0 Å². The normalized spacial score (nSPS) is 12.5. The molecule has 1 unspecified atom stereocenters. The largest absolute Gasteiger partial charge is 0.480 e. The number of carbonyl (C=O) groups is 1. The zero-order chi connectivity index (χ0) is 10.0. The Morgan fingerprint density at radius 1 is 1.62 bits per heavy atom. The Kier molecular flexibility index (Phi) is 3.21. The molecule has 0 radical (unpaired) electrons. The fourth-order valence-electron chi connectivity index (χ4n) is 0.894. The van der Waals surface area contributed by atoms with E-state index < -0.39 is 17.8 Å². The molecule has 0 aliphatic carbocycles. The van der Waals surface area contributed by atoms with E-state index in [-0.39, 0.29) is 3.57 Å². The highest BCUT2D eigenvalue weighted by atomic mass is 127. The minimum atomic E-state index is -1.16. The summed E-state index contributed by atoms with van der Waals surface area (Å²) < 4.78 is 13.2. The van der Waals surface area contributed by atoms with E-state index in [0.717, 1.165) is 0 Å². The third-order valence-electron chi connectivity index (χ3n) is 1.58. The highest BCUT2D eigenvalue weighted by molar-refractivity contribution is 14.1. The summed E-state index contributed by atoms with van der Waals surface area (Å²) in [6.45, 7) is 0. The summed E-state index contributed by atoms with van der Waals surface area (Å²) in [7, 11) is 0. The van der Waals surface area contributed by atoms with Gasteiger partial charge in [-0.2, -0.15) is 0 Å². The summed E-state index contributed by atoms with van der Waals surface area (Å²) in [6, 6.07) is 3.04. The van der Waals surface area contributed by atoms with Crippen LogP contribution in [0.2, 0.25) is 0 Å². The van der Waals surface area contributed by atoms with Gasteiger partial charge in [-0.15, -0.1) is 0 Å². The van der Waals surface area contributed by atoms with Gasteiger partial charge in [0.1, 0.15) is 11.9 Å². The van der Waals surface area contributed by atoms with Gasteiger partial charge in [0, 0.05) is 0 Å². The molecule has 13 heavy (non-hydrogen) atoms. The summed E-state index contributed by atoms with van der Waals surface area (Å²) in [5, 5.41) is 8.60. The molecule has 0 aliphatic heterocycles. The van der Waals surface area contributed by atoms with Crippen molar-refractivity contribution in [2.75, 3.05) is 0 Å². The topological polar surface area (TPSA) is 63.3 Å². The molecule has 3 nitrogen and oxygen atoms in total. The summed E-state index contributed by atoms with van der Waals surface area (Å²) in [4.78, 5) is 10.5. The van der Waals surface area contributed by atoms with Crippen LogP contribution in [0.25, 0.3) is 0 Å². The van der Waals surface area contributed by atoms with Gasteiger partial charge < -0.3 is 10.8 Å². The molecule has 5 heteroatoms. The lowest BCUT2D eigenvalue weighted by molar-refractivity contribution is -0.138. The highest BCUT2D eigenvalue weighted by Gasteiger charge is 2.18. The van der Waals surface area contributed by atoms with Crippen molar-refractivity contribution in [3.8, 4) is 0 Å². The van der Waals surface area contributed by atoms with Gasteiger partial charge in [0.25, 0.3) is 0 Å². The molecular weight excluding hydrogens is 288 g/mol. The summed E-state index contributed by atoms with van der Waals surface area (Å²) in [5.74, 6) is -1.61. The fraction of sp³-hybridized carbons (Fsp3) is 0.125. The third-order valence-corrected chi connectivity index (χ3v) is 2.72. The monoisotopic (exact) mass is 295 g/mol. The van der Waals surface area contributed by atoms with Gasteiger partial charge in [0.15, 0.2) is 0 Å². The molecule has 0 aromatic heterocycles. The van der Waals surface area contributed by atoms with E-state index in [1.54, 1.807) is 22.6 Å². The molecule has 0 aliphatic rings. The van der Waals surface area contributed by atoms with Gasteiger partial charge >= 0.3 is 5.97 Å². The Balaban J connectivity index is 3.15. The summed E-state index contributed by atoms with van der Waals surface area (Å²) >= 11 is 1.74. The van der Waals surface area contributed by atoms with E-state index >= 15 is 0 Å². The van der Waals surface area contributed by atoms with Crippen molar-refractivity contribution >= 4 is 28.6 Å². The minimum Gasteiger partial charge on any atom is -0.480 e. The lowest BCUT2D eigenvalue weighted by Gasteiger charge is -2.08. The smallest absolute Gasteiger partial charge is 0.325 e. The molecule has 0 amide bonds. The molecule has 0 fully saturated rings. The van der Waals surface area contributed by atoms with E-state index in [2.05, 4.69) is 0 Å². The maximum absolute atomic E-state index is 12.9. The summed E-state index contributed by atoms with van der Waals surface area (Å²) in [6.07, 6.45) is 0. The second kappa shape index (κ2) is 4.01. The van der Waals surface area contributed by atoms with Gasteiger partial charge in [0.05, 0.1) is 3.57 Å². The molecule has 1 aromatic carbocycles. The van der Waals surface area contributed by atoms with Crippen molar-refractivity contribution in [2.24, 2.45) is 5.73 Å². The molecule has 1 rings (SSSR count). The standard InChI is InChI=1S/C8H7FINO2/c9-5-3-1-2-4(6(5)10)7(11)8(12)13/h1-3,7H,11H2,(H,12,13). The van der Waals surface area contributed by atoms with E-state index in [9.17, 15) is 9.18 Å². The first-order chi connectivity index (χ1) is 6.04. The number of halogens is 2. The number of hydrogen-bond donors (Lipinski definition) is 2. The van der Waals surface area contributed by atoms with Gasteiger partial charge in [-0.1, -0.05) is 12.1 Å². The zero-order valence-electron chi connectivity index (χ0n) is 6.50. The van der Waals surface area contributed by atoms with Crippen LogP contribution in [-0.2, 0) is 4.79 Å². The first-order valence-electron chi connectivity index (χ1n) is 3.46. The maximum Gasteiger partial charge on any atom is 0.325 e. The third kappa shape index (κ3) is 2.16. The van der Waals surface area contributed by atoms with Crippen LogP contribution in [0, 0.1) is 9.39 Å². The minimum absolute atomic E-state index is 0.259. The first kappa shape index (κ1) is 10.4. The Morgan fingerprint density at radius 3 is 2.77 bits per heavy atom. The molecule has 0 spiro atoms. The van der Waals surface area contributed by atoms with Gasteiger partial charge in [-0.3, -0.25) is 4.79 Å². The Hall–Kier alpha value is -0.690. The second-order valence-corrected chi connectivity index (χ2v) is 3.54. The Labute approximate surface area is 87.9 Å². The molecule has 1 aromatic rings. The molecule has 0 saturated heterocycles. The predicted molar refractivity (Wildman–Crippen MR) is 53.7 cm³/mol. The second-order valence-electron chi connectivity index (χ2n) is 2.46. The maximum atomic E-state index is 12.9. The number of aliphatic carboxylic acids is 1. The van der Waals surface area contributed by atoms with E-state index in [1.165, 1.54) is 18.2 Å². The number of rotatable bonds is 2. The zero-order valence-corrected chi connectivity index (χ0v) is 8.66. The molecule has 0 bridgehead atoms. The number of carboxylic acid groups (broad SMARTS) is 1. The molecular formula is C8H7FINO2. The van der Waals surface area contributed by atoms with Gasteiger partial charge in [-0.25, -0.2) is 4.39 Å². The van der Waals surface area contributed by atoms with Crippen molar-refractivity contribution in [2.45, 2.75) is 6.04 Å². The number of carboxylic acids is 1. The van der Waals surface area contributed by atoms with Gasteiger partial charge in [-0.05, 0) is 34.2 Å². The average molecular weight is 295 g/mol. The lowest BCUT2D eigenvalue weighted by atomic mass is 10.1. The number of nitrogens with two attached hydrogens (primary N) is 1. The first-order valence-corrected chi connectivity index (χ1v) is 4.54. The van der Waals surface area contributed by atoms with Gasteiger partial charge in [0.2, 0.25) is 0 Å². The van der Waals surface area contributed by atoms with E-state index in [0.29, 0.717) is 5.56 Å². The van der Waals surface area contributed by atoms with Crippen molar-refractivity contribution in [1.29, 1.82) is 0 Å². The lowest BCUT2D eigenvalue weighted by Crippen LogP contribution is -2.21. The van der Waals surface area contributed by atoms with Crippen LogP contribution < -0.4 is 5.73 Å². The van der Waals surface area contributed by atoms with Crippen LogP contribution in [0.15, 0.2) is 18.2 Å². The Bertz CT molecular complexity index is 343. The quantitative estimate of drug-likeness (QED) is 0.813. The van der Waals surface area contributed by atoms with Crippen LogP contribution in [-0.4, -0.2) is 11.1 Å². The highest BCUT2D eigenvalue weighted by Crippen LogP contribution is 2.21. The fourth-order valence-corrected chi connectivity index (χ4v) is 1.59. The van der Waals surface area contributed by atoms with Crippen molar-refractivity contribution in [3.05, 3.63) is 33.1 Å². The number of hydrogen-bond acceptors (Lipinski definition) is 2. The number of benzene rings is 1. The predicted octanol–water partition coefficient (Wildman–Crippen LogP) is 1.51. The molecule has 3 N–H and O–H groups in total. The SMILES string of the molecule is NC(C(=O)O)c1cccc(F)c1I. The van der Waals surface area contributed by atoms with Crippen LogP contribution in [0.5, 0.6) is 0 Å². The van der Waals surface area contributed by atoms with Crippen molar-refractivity contribution < 1.29 is 14.3 Å². The molecule has 1 atom stereocenters. The molecule has 0 saturated carbocycles. The average Bonchev–Trinajstić information content (AvgIpc) is 2.08. The summed E-state index contributed by atoms with van der Waals surface area (Å²) in [5.41, 5.74) is 5.64. The van der Waals surface area contributed by atoms with E-state index in [1.807, 2.05) is 0 Å². The van der Waals surface area contributed by atoms with Crippen molar-refractivity contribution in [3.63, 3.8) is 0 Å². The molecule has 70 valence electrons. The van der Waals surface area contributed by atoms with Crippen LogP contribution in [0.3, 0.4) is 0 Å². The van der Waals surface area contributed by atoms with Crippen LogP contribution in [0.1, 0.15) is 11.6 Å². The molecule has 0 heterocycles. The van der Waals surface area contributed by atoms with Crippen LogP contribution >= 0.6 is 22.6 Å². The van der Waals surface area contributed by atoms with Crippen LogP contribution in [0.4, 0.5) is 4.39 Å². The Morgan fingerprint density at radius 2 is 2.23 bits per heavy atom. The van der Waals surface area contributed by atoms with E-state index in [4.69, 9.17) is 10.8 Å².